The first kappa shape index (κ1) is 12.2. The van der Waals surface area contributed by atoms with E-state index in [1.165, 1.54) is 57.8 Å². The molecule has 0 aromatic heterocycles. The SMILES string of the molecule is c1ccc2c(c1)CC(NC1CCCCCCC1)C2. The summed E-state index contributed by atoms with van der Waals surface area (Å²) in [6.07, 6.45) is 12.5. The van der Waals surface area contributed by atoms with Crippen LogP contribution in [0.25, 0.3) is 0 Å². The quantitative estimate of drug-likeness (QED) is 0.832. The van der Waals surface area contributed by atoms with Gasteiger partial charge in [-0.15, -0.1) is 0 Å². The largest absolute Gasteiger partial charge is 0.311 e. The fourth-order valence-electron chi connectivity index (χ4n) is 3.63. The van der Waals surface area contributed by atoms with E-state index in [0.29, 0.717) is 6.04 Å². The van der Waals surface area contributed by atoms with Gasteiger partial charge in [-0.25, -0.2) is 0 Å². The number of fused-ring (bicyclic) bond motifs is 1. The predicted molar refractivity (Wildman–Crippen MR) is 76.9 cm³/mol. The first-order valence-corrected chi connectivity index (χ1v) is 7.74. The molecule has 0 unspecified atom stereocenters. The van der Waals surface area contributed by atoms with Crippen molar-refractivity contribution in [3.05, 3.63) is 35.4 Å². The Morgan fingerprint density at radius 1 is 0.722 bits per heavy atom. The van der Waals surface area contributed by atoms with Gasteiger partial charge in [0.2, 0.25) is 0 Å². The minimum atomic E-state index is 0.701. The molecule has 0 bridgehead atoms. The summed E-state index contributed by atoms with van der Waals surface area (Å²) in [6, 6.07) is 10.4. The molecule has 0 atom stereocenters. The molecule has 1 fully saturated rings. The van der Waals surface area contributed by atoms with Gasteiger partial charge in [0.25, 0.3) is 0 Å². The summed E-state index contributed by atoms with van der Waals surface area (Å²) in [5, 5.41) is 3.93. The zero-order valence-electron chi connectivity index (χ0n) is 11.3. The summed E-state index contributed by atoms with van der Waals surface area (Å²) in [4.78, 5) is 0. The third-order valence-electron chi connectivity index (χ3n) is 4.63. The van der Waals surface area contributed by atoms with E-state index in [4.69, 9.17) is 0 Å². The molecule has 1 aromatic carbocycles. The maximum absolute atomic E-state index is 3.93. The van der Waals surface area contributed by atoms with E-state index in [-0.39, 0.29) is 0 Å². The van der Waals surface area contributed by atoms with E-state index in [1.54, 1.807) is 11.1 Å². The van der Waals surface area contributed by atoms with Crippen LogP contribution < -0.4 is 5.32 Å². The third-order valence-corrected chi connectivity index (χ3v) is 4.63. The zero-order chi connectivity index (χ0) is 12.2. The van der Waals surface area contributed by atoms with Crippen molar-refractivity contribution < 1.29 is 0 Å². The van der Waals surface area contributed by atoms with Crippen molar-refractivity contribution in [1.82, 2.24) is 5.32 Å². The minimum absolute atomic E-state index is 0.701. The molecule has 98 valence electrons. The maximum Gasteiger partial charge on any atom is 0.0151 e. The summed E-state index contributed by atoms with van der Waals surface area (Å²) >= 11 is 0. The highest BCUT2D eigenvalue weighted by molar-refractivity contribution is 5.33. The molecule has 0 aliphatic heterocycles. The number of hydrogen-bond acceptors (Lipinski definition) is 1. The summed E-state index contributed by atoms with van der Waals surface area (Å²) in [7, 11) is 0. The molecule has 1 nitrogen and oxygen atoms in total. The fraction of sp³-hybridized carbons (Fsp3) is 0.647. The van der Waals surface area contributed by atoms with E-state index in [9.17, 15) is 0 Å². The third kappa shape index (κ3) is 2.95. The van der Waals surface area contributed by atoms with Crippen LogP contribution in [-0.4, -0.2) is 12.1 Å². The Morgan fingerprint density at radius 3 is 1.89 bits per heavy atom. The Labute approximate surface area is 111 Å². The van der Waals surface area contributed by atoms with E-state index >= 15 is 0 Å². The topological polar surface area (TPSA) is 12.0 Å². The lowest BCUT2D eigenvalue weighted by Crippen LogP contribution is -2.39. The molecule has 2 aliphatic carbocycles. The second kappa shape index (κ2) is 5.88. The van der Waals surface area contributed by atoms with E-state index in [1.807, 2.05) is 0 Å². The van der Waals surface area contributed by atoms with Gasteiger partial charge >= 0.3 is 0 Å². The van der Waals surface area contributed by atoms with Crippen molar-refractivity contribution in [2.24, 2.45) is 0 Å². The molecule has 1 heteroatoms. The summed E-state index contributed by atoms with van der Waals surface area (Å²) in [6.45, 7) is 0. The van der Waals surface area contributed by atoms with Gasteiger partial charge in [-0.3, -0.25) is 0 Å². The molecule has 0 spiro atoms. The Bertz CT molecular complexity index is 352. The average Bonchev–Trinajstić information content (AvgIpc) is 2.74. The Hall–Kier alpha value is -0.820. The first-order valence-electron chi connectivity index (χ1n) is 7.74. The van der Waals surface area contributed by atoms with Gasteiger partial charge in [0.05, 0.1) is 0 Å². The monoisotopic (exact) mass is 243 g/mol. The van der Waals surface area contributed by atoms with Crippen LogP contribution in [0.2, 0.25) is 0 Å². The second-order valence-electron chi connectivity index (χ2n) is 6.08. The molecule has 1 aromatic rings. The van der Waals surface area contributed by atoms with Crippen molar-refractivity contribution in [3.8, 4) is 0 Å². The molecule has 0 radical (unpaired) electrons. The highest BCUT2D eigenvalue weighted by Crippen LogP contribution is 2.24. The van der Waals surface area contributed by atoms with Gasteiger partial charge in [0.1, 0.15) is 0 Å². The van der Waals surface area contributed by atoms with E-state index in [0.717, 1.165) is 6.04 Å². The van der Waals surface area contributed by atoms with Gasteiger partial charge in [0, 0.05) is 12.1 Å². The molecule has 0 saturated heterocycles. The van der Waals surface area contributed by atoms with E-state index < -0.39 is 0 Å². The summed E-state index contributed by atoms with van der Waals surface area (Å²) < 4.78 is 0. The molecule has 2 aliphatic rings. The number of benzene rings is 1. The Morgan fingerprint density at radius 2 is 1.28 bits per heavy atom. The highest BCUT2D eigenvalue weighted by atomic mass is 15.0. The Kier molecular flexibility index (Phi) is 3.99. The number of rotatable bonds is 2. The summed E-state index contributed by atoms with van der Waals surface area (Å²) in [5.41, 5.74) is 3.14. The Balaban J connectivity index is 1.55. The van der Waals surface area contributed by atoms with Crippen LogP contribution in [0.5, 0.6) is 0 Å². The lowest BCUT2D eigenvalue weighted by molar-refractivity contribution is 0.354. The van der Waals surface area contributed by atoms with Gasteiger partial charge in [-0.2, -0.15) is 0 Å². The predicted octanol–water partition coefficient (Wildman–Crippen LogP) is 3.86. The standard InChI is InChI=1S/C17H25N/c1-2-4-10-16(11-5-3-1)18-17-12-14-8-6-7-9-15(14)13-17/h6-9,16-18H,1-5,10-13H2. The second-order valence-corrected chi connectivity index (χ2v) is 6.08. The van der Waals surface area contributed by atoms with Crippen LogP contribution in [0.4, 0.5) is 0 Å². The molecule has 1 N–H and O–H groups in total. The van der Waals surface area contributed by atoms with Crippen molar-refractivity contribution in [1.29, 1.82) is 0 Å². The van der Waals surface area contributed by atoms with Gasteiger partial charge in [0.15, 0.2) is 0 Å². The average molecular weight is 243 g/mol. The van der Waals surface area contributed by atoms with Crippen molar-refractivity contribution in [3.63, 3.8) is 0 Å². The molecule has 0 amide bonds. The molecular formula is C17H25N. The van der Waals surface area contributed by atoms with Crippen molar-refractivity contribution >= 4 is 0 Å². The van der Waals surface area contributed by atoms with Crippen LogP contribution in [0.1, 0.15) is 56.1 Å². The zero-order valence-corrected chi connectivity index (χ0v) is 11.3. The van der Waals surface area contributed by atoms with Crippen LogP contribution in [0, 0.1) is 0 Å². The van der Waals surface area contributed by atoms with Gasteiger partial charge < -0.3 is 5.32 Å². The number of hydrogen-bond donors (Lipinski definition) is 1. The minimum Gasteiger partial charge on any atom is -0.311 e. The van der Waals surface area contributed by atoms with E-state index in [2.05, 4.69) is 29.6 Å². The van der Waals surface area contributed by atoms with Crippen LogP contribution in [-0.2, 0) is 12.8 Å². The first-order chi connectivity index (χ1) is 8.92. The summed E-state index contributed by atoms with van der Waals surface area (Å²) in [5.74, 6) is 0. The van der Waals surface area contributed by atoms with Crippen LogP contribution >= 0.6 is 0 Å². The lowest BCUT2D eigenvalue weighted by Gasteiger charge is -2.24. The van der Waals surface area contributed by atoms with Crippen LogP contribution in [0.15, 0.2) is 24.3 Å². The molecule has 1 saturated carbocycles. The van der Waals surface area contributed by atoms with Crippen molar-refractivity contribution in [2.45, 2.75) is 69.9 Å². The number of nitrogens with one attached hydrogen (secondary N) is 1. The van der Waals surface area contributed by atoms with Gasteiger partial charge in [-0.1, -0.05) is 56.4 Å². The normalized spacial score (nSPS) is 22.4. The smallest absolute Gasteiger partial charge is 0.0151 e. The maximum atomic E-state index is 3.93. The lowest BCUT2D eigenvalue weighted by atomic mass is 9.96. The highest BCUT2D eigenvalue weighted by Gasteiger charge is 2.23. The molecule has 0 heterocycles. The van der Waals surface area contributed by atoms with Crippen molar-refractivity contribution in [2.75, 3.05) is 0 Å². The van der Waals surface area contributed by atoms with Crippen LogP contribution in [0.3, 0.4) is 0 Å². The molecule has 18 heavy (non-hydrogen) atoms. The fourth-order valence-corrected chi connectivity index (χ4v) is 3.63. The molecular weight excluding hydrogens is 218 g/mol. The van der Waals surface area contributed by atoms with Gasteiger partial charge in [-0.05, 0) is 36.8 Å². The molecule has 3 rings (SSSR count).